The molecular weight excluding hydrogens is 210 g/mol. The number of carbonyl (C=O) groups is 1. The molecule has 0 aliphatic heterocycles. The van der Waals surface area contributed by atoms with Crippen molar-refractivity contribution < 1.29 is 9.21 Å². The van der Waals surface area contributed by atoms with Crippen LogP contribution >= 0.6 is 15.9 Å². The fraction of sp³-hybridized carbons (Fsp3) is 0.286. The van der Waals surface area contributed by atoms with E-state index in [0.717, 1.165) is 5.56 Å². The van der Waals surface area contributed by atoms with Crippen LogP contribution in [0.3, 0.4) is 0 Å². The predicted molar refractivity (Wildman–Crippen MR) is 44.2 cm³/mol. The van der Waals surface area contributed by atoms with Crippen LogP contribution in [0.15, 0.2) is 21.4 Å². The molecule has 1 rings (SSSR count). The number of furan rings is 1. The summed E-state index contributed by atoms with van der Waals surface area (Å²) in [4.78, 5) is 10.8. The normalized spacial score (nSPS) is 10.0. The summed E-state index contributed by atoms with van der Waals surface area (Å²) in [5.74, 6) is 0.0123. The maximum absolute atomic E-state index is 10.8. The van der Waals surface area contributed by atoms with E-state index in [9.17, 15) is 4.79 Å². The number of halogens is 1. The van der Waals surface area contributed by atoms with Gasteiger partial charge in [-0.2, -0.15) is 0 Å². The van der Waals surface area contributed by atoms with Crippen LogP contribution in [-0.4, -0.2) is 12.3 Å². The van der Waals surface area contributed by atoms with Crippen molar-refractivity contribution in [2.45, 2.75) is 6.42 Å². The monoisotopic (exact) mass is 217 g/mol. The van der Waals surface area contributed by atoms with Crippen LogP contribution in [0.1, 0.15) is 5.56 Å². The van der Waals surface area contributed by atoms with E-state index in [2.05, 4.69) is 15.9 Å². The minimum atomic E-state index is 0.0123. The highest BCUT2D eigenvalue weighted by molar-refractivity contribution is 9.10. The first-order valence-electron chi connectivity index (χ1n) is 3.17. The molecule has 1 heterocycles. The van der Waals surface area contributed by atoms with Crippen LogP contribution in [0.25, 0.3) is 0 Å². The maximum atomic E-state index is 10.8. The van der Waals surface area contributed by atoms with E-state index in [-0.39, 0.29) is 12.3 Å². The highest BCUT2D eigenvalue weighted by Gasteiger charge is 2.03. The van der Waals surface area contributed by atoms with E-state index >= 15 is 0 Å². The lowest BCUT2D eigenvalue weighted by atomic mass is 10.2. The van der Waals surface area contributed by atoms with Gasteiger partial charge in [-0.1, -0.05) is 0 Å². The van der Waals surface area contributed by atoms with Crippen molar-refractivity contribution in [3.63, 3.8) is 0 Å². The first-order chi connectivity index (χ1) is 5.22. The summed E-state index contributed by atoms with van der Waals surface area (Å²) >= 11 is 3.13. The second-order valence-corrected chi connectivity index (χ2v) is 2.96. The van der Waals surface area contributed by atoms with E-state index < -0.39 is 0 Å². The third-order valence-electron chi connectivity index (χ3n) is 1.25. The molecule has 0 aromatic carbocycles. The molecule has 0 aliphatic carbocycles. The average Bonchev–Trinajstić information content (AvgIpc) is 2.35. The molecule has 0 fully saturated rings. The Kier molecular flexibility index (Phi) is 2.84. The molecular formula is C7H8BrNO2. The minimum absolute atomic E-state index is 0.0123. The van der Waals surface area contributed by atoms with Crippen LogP contribution in [0.4, 0.5) is 0 Å². The molecule has 0 unspecified atom stereocenters. The summed E-state index contributed by atoms with van der Waals surface area (Å²) in [5, 5.41) is 0. The van der Waals surface area contributed by atoms with Gasteiger partial charge in [0.05, 0.1) is 12.8 Å². The summed E-state index contributed by atoms with van der Waals surface area (Å²) in [7, 11) is 0. The van der Waals surface area contributed by atoms with Crippen LogP contribution in [0.5, 0.6) is 0 Å². The Morgan fingerprint density at radius 2 is 2.45 bits per heavy atom. The lowest BCUT2D eigenvalue weighted by Gasteiger charge is -1.90. The van der Waals surface area contributed by atoms with Crippen LogP contribution in [0.2, 0.25) is 0 Å². The fourth-order valence-electron chi connectivity index (χ4n) is 0.738. The average molecular weight is 218 g/mol. The zero-order chi connectivity index (χ0) is 8.27. The number of nitrogens with two attached hydrogens (primary N) is 1. The molecule has 0 radical (unpaired) electrons. The topological polar surface area (TPSA) is 56.2 Å². The fourth-order valence-corrected chi connectivity index (χ4v) is 1.13. The first kappa shape index (κ1) is 8.49. The van der Waals surface area contributed by atoms with Crippen LogP contribution in [-0.2, 0) is 11.2 Å². The molecule has 0 atom stereocenters. The van der Waals surface area contributed by atoms with E-state index in [1.54, 1.807) is 6.07 Å². The highest BCUT2D eigenvalue weighted by Crippen LogP contribution is 2.14. The molecule has 0 spiro atoms. The van der Waals surface area contributed by atoms with Crippen molar-refractivity contribution in [2.75, 3.05) is 6.54 Å². The van der Waals surface area contributed by atoms with Gasteiger partial charge in [-0.05, 0) is 27.6 Å². The number of Topliss-reactive ketones (excluding diaryl/α,β-unsaturated/α-hetero) is 1. The Morgan fingerprint density at radius 3 is 2.91 bits per heavy atom. The standard InChI is InChI=1S/C7H8BrNO2/c8-7-2-5(4-11-7)1-6(10)3-9/h2,4H,1,3,9H2. The minimum Gasteiger partial charge on any atom is -0.457 e. The molecule has 1 aromatic heterocycles. The molecule has 4 heteroatoms. The Labute approximate surface area is 72.7 Å². The smallest absolute Gasteiger partial charge is 0.169 e. The Morgan fingerprint density at radius 1 is 1.73 bits per heavy atom. The number of hydrogen-bond acceptors (Lipinski definition) is 3. The van der Waals surface area contributed by atoms with Gasteiger partial charge < -0.3 is 10.2 Å². The lowest BCUT2D eigenvalue weighted by molar-refractivity contribution is -0.117. The van der Waals surface area contributed by atoms with E-state index in [0.29, 0.717) is 11.1 Å². The maximum Gasteiger partial charge on any atom is 0.169 e. The van der Waals surface area contributed by atoms with Gasteiger partial charge in [-0.25, -0.2) is 0 Å². The molecule has 0 saturated carbocycles. The number of ketones is 1. The summed E-state index contributed by atoms with van der Waals surface area (Å²) in [6, 6.07) is 1.76. The summed E-state index contributed by atoms with van der Waals surface area (Å²) < 4.78 is 5.57. The van der Waals surface area contributed by atoms with Gasteiger partial charge in [-0.15, -0.1) is 0 Å². The highest BCUT2D eigenvalue weighted by atomic mass is 79.9. The van der Waals surface area contributed by atoms with Crippen molar-refractivity contribution in [2.24, 2.45) is 5.73 Å². The SMILES string of the molecule is NCC(=O)Cc1coc(Br)c1. The number of hydrogen-bond donors (Lipinski definition) is 1. The summed E-state index contributed by atoms with van der Waals surface area (Å²) in [6.07, 6.45) is 1.89. The van der Waals surface area contributed by atoms with Crippen LogP contribution in [0, 0.1) is 0 Å². The van der Waals surface area contributed by atoms with Gasteiger partial charge in [0.2, 0.25) is 0 Å². The second kappa shape index (κ2) is 3.69. The Hall–Kier alpha value is -0.610. The Balaban J connectivity index is 2.57. The number of rotatable bonds is 3. The van der Waals surface area contributed by atoms with Crippen molar-refractivity contribution in [1.29, 1.82) is 0 Å². The predicted octanol–water partition coefficient (Wildman–Crippen LogP) is 1.11. The molecule has 0 aliphatic rings. The van der Waals surface area contributed by atoms with Crippen molar-refractivity contribution in [3.8, 4) is 0 Å². The molecule has 60 valence electrons. The van der Waals surface area contributed by atoms with Gasteiger partial charge in [0.1, 0.15) is 0 Å². The molecule has 1 aromatic rings. The van der Waals surface area contributed by atoms with Crippen LogP contribution < -0.4 is 5.73 Å². The first-order valence-corrected chi connectivity index (χ1v) is 3.96. The molecule has 11 heavy (non-hydrogen) atoms. The number of carbonyl (C=O) groups excluding carboxylic acids is 1. The third kappa shape index (κ3) is 2.48. The van der Waals surface area contributed by atoms with E-state index in [1.807, 2.05) is 0 Å². The summed E-state index contributed by atoms with van der Waals surface area (Å²) in [6.45, 7) is 0.0861. The summed E-state index contributed by atoms with van der Waals surface area (Å²) in [5.41, 5.74) is 5.99. The zero-order valence-electron chi connectivity index (χ0n) is 5.84. The molecule has 0 amide bonds. The second-order valence-electron chi connectivity index (χ2n) is 2.18. The van der Waals surface area contributed by atoms with E-state index in [4.69, 9.17) is 10.2 Å². The Bertz CT molecular complexity index is 257. The van der Waals surface area contributed by atoms with E-state index in [1.165, 1.54) is 6.26 Å². The lowest BCUT2D eigenvalue weighted by Crippen LogP contribution is -2.15. The quantitative estimate of drug-likeness (QED) is 0.826. The van der Waals surface area contributed by atoms with Gasteiger partial charge in [0, 0.05) is 6.42 Å². The molecule has 3 nitrogen and oxygen atoms in total. The molecule has 0 bridgehead atoms. The van der Waals surface area contributed by atoms with Gasteiger partial charge in [-0.3, -0.25) is 4.79 Å². The van der Waals surface area contributed by atoms with Crippen molar-refractivity contribution in [3.05, 3.63) is 22.6 Å². The zero-order valence-corrected chi connectivity index (χ0v) is 7.43. The van der Waals surface area contributed by atoms with Crippen molar-refractivity contribution in [1.82, 2.24) is 0 Å². The van der Waals surface area contributed by atoms with Gasteiger partial charge in [0.25, 0.3) is 0 Å². The van der Waals surface area contributed by atoms with Gasteiger partial charge >= 0.3 is 0 Å². The third-order valence-corrected chi connectivity index (χ3v) is 1.67. The molecule has 0 saturated heterocycles. The molecule has 2 N–H and O–H groups in total. The largest absolute Gasteiger partial charge is 0.457 e. The van der Waals surface area contributed by atoms with Gasteiger partial charge in [0.15, 0.2) is 10.5 Å². The van der Waals surface area contributed by atoms with Crippen molar-refractivity contribution >= 4 is 21.7 Å².